The summed E-state index contributed by atoms with van der Waals surface area (Å²) in [6.07, 6.45) is 5.33. The van der Waals surface area contributed by atoms with Crippen molar-refractivity contribution in [2.24, 2.45) is 17.8 Å². The van der Waals surface area contributed by atoms with Gasteiger partial charge in [-0.05, 0) is 37.6 Å². The molecule has 1 N–H and O–H groups in total. The summed E-state index contributed by atoms with van der Waals surface area (Å²) in [5.41, 5.74) is 0.196. The van der Waals surface area contributed by atoms with Crippen LogP contribution < -0.4 is 5.32 Å². The Morgan fingerprint density at radius 2 is 2.07 bits per heavy atom. The summed E-state index contributed by atoms with van der Waals surface area (Å²) < 4.78 is 30.9. The Morgan fingerprint density at radius 1 is 1.34 bits per heavy atom. The standard InChI is InChI=1S/C19H28N4O5S/c1-11(2)16-17-14(23(19(16)25)29(3,26)27)6-7-22(17)18(24)13-10-28-15(21-13)9-20-8-12-4-5-12/h10-12,14,16-17,20H,4-9H2,1-3H3/t14-,16+,17-/m1/s1. The number of nitrogens with one attached hydrogen (secondary N) is 1. The van der Waals surface area contributed by atoms with Gasteiger partial charge >= 0.3 is 0 Å². The van der Waals surface area contributed by atoms with Crippen LogP contribution in [-0.4, -0.2) is 65.9 Å². The first kappa shape index (κ1) is 20.3. The number of carbonyl (C=O) groups is 2. The van der Waals surface area contributed by atoms with E-state index in [1.807, 2.05) is 13.8 Å². The summed E-state index contributed by atoms with van der Waals surface area (Å²) in [6.45, 7) is 5.53. The fraction of sp³-hybridized carbons (Fsp3) is 0.737. The SMILES string of the molecule is CC(C)[C@@H]1C(=O)N(S(C)(=O)=O)[C@@H]2CCN(C(=O)c3coc(CNCC4CC4)n3)[C@H]21. The number of likely N-dealkylation sites (tertiary alicyclic amines) is 1. The zero-order valence-electron chi connectivity index (χ0n) is 17.0. The molecule has 3 fully saturated rings. The van der Waals surface area contributed by atoms with Crippen LogP contribution in [-0.2, 0) is 21.4 Å². The minimum absolute atomic E-state index is 0.0883. The largest absolute Gasteiger partial charge is 0.447 e. The molecule has 3 aliphatic rings. The predicted molar refractivity (Wildman–Crippen MR) is 104 cm³/mol. The Bertz CT molecular complexity index is 907. The van der Waals surface area contributed by atoms with Crippen LogP contribution in [0.25, 0.3) is 0 Å². The smallest absolute Gasteiger partial charge is 0.276 e. The lowest BCUT2D eigenvalue weighted by atomic mass is 9.88. The van der Waals surface area contributed by atoms with Gasteiger partial charge in [0, 0.05) is 6.54 Å². The number of hydrogen-bond acceptors (Lipinski definition) is 7. The third-order valence-corrected chi connectivity index (χ3v) is 7.27. The van der Waals surface area contributed by atoms with E-state index < -0.39 is 33.9 Å². The van der Waals surface area contributed by atoms with Crippen LogP contribution in [0.2, 0.25) is 0 Å². The third kappa shape index (κ3) is 3.79. The molecule has 1 saturated carbocycles. The number of fused-ring (bicyclic) bond motifs is 1. The van der Waals surface area contributed by atoms with Gasteiger partial charge in [0.25, 0.3) is 5.91 Å². The van der Waals surface area contributed by atoms with Crippen molar-refractivity contribution in [3.05, 3.63) is 17.8 Å². The first-order chi connectivity index (χ1) is 13.7. The van der Waals surface area contributed by atoms with Crippen molar-refractivity contribution < 1.29 is 22.4 Å². The van der Waals surface area contributed by atoms with Crippen LogP contribution in [0, 0.1) is 17.8 Å². The molecule has 3 heterocycles. The maximum atomic E-state index is 13.1. The van der Waals surface area contributed by atoms with E-state index >= 15 is 0 Å². The molecular formula is C19H28N4O5S. The van der Waals surface area contributed by atoms with Gasteiger partial charge in [-0.25, -0.2) is 17.7 Å². The Morgan fingerprint density at radius 3 is 2.69 bits per heavy atom. The number of rotatable bonds is 7. The molecule has 0 unspecified atom stereocenters. The summed E-state index contributed by atoms with van der Waals surface area (Å²) in [5, 5.41) is 3.27. The zero-order valence-corrected chi connectivity index (χ0v) is 17.8. The summed E-state index contributed by atoms with van der Waals surface area (Å²) in [5.74, 6) is -0.185. The van der Waals surface area contributed by atoms with Gasteiger partial charge in [0.05, 0.1) is 30.8 Å². The first-order valence-electron chi connectivity index (χ1n) is 10.2. The summed E-state index contributed by atoms with van der Waals surface area (Å²) in [6, 6.07) is -0.988. The van der Waals surface area contributed by atoms with Gasteiger partial charge in [-0.15, -0.1) is 0 Å². The molecule has 0 spiro atoms. The van der Waals surface area contributed by atoms with E-state index in [-0.39, 0.29) is 17.5 Å². The molecule has 1 aromatic rings. The molecule has 29 heavy (non-hydrogen) atoms. The molecule has 0 aromatic carbocycles. The highest BCUT2D eigenvalue weighted by atomic mass is 32.2. The number of sulfonamides is 1. The zero-order chi connectivity index (χ0) is 20.9. The van der Waals surface area contributed by atoms with E-state index in [4.69, 9.17) is 4.42 Å². The van der Waals surface area contributed by atoms with Gasteiger partial charge in [0.1, 0.15) is 6.26 Å². The van der Waals surface area contributed by atoms with Gasteiger partial charge in [-0.3, -0.25) is 9.59 Å². The topological polar surface area (TPSA) is 113 Å². The molecule has 1 aliphatic carbocycles. The molecule has 10 heteroatoms. The number of oxazole rings is 1. The fourth-order valence-electron chi connectivity index (χ4n) is 4.61. The minimum atomic E-state index is -3.69. The molecule has 0 radical (unpaired) electrons. The third-order valence-electron chi connectivity index (χ3n) is 6.10. The number of aromatic nitrogens is 1. The molecule has 1 aromatic heterocycles. The second-order valence-corrected chi connectivity index (χ2v) is 10.6. The Hall–Kier alpha value is -1.94. The van der Waals surface area contributed by atoms with E-state index in [0.29, 0.717) is 25.4 Å². The number of nitrogens with zero attached hydrogens (tertiary/aromatic N) is 3. The summed E-state index contributed by atoms with van der Waals surface area (Å²) in [4.78, 5) is 31.9. The van der Waals surface area contributed by atoms with E-state index in [9.17, 15) is 18.0 Å². The normalized spacial score (nSPS) is 27.2. The number of carbonyl (C=O) groups excluding carboxylic acids is 2. The van der Waals surface area contributed by atoms with Crippen LogP contribution in [0.5, 0.6) is 0 Å². The molecular weight excluding hydrogens is 396 g/mol. The van der Waals surface area contributed by atoms with Crippen molar-refractivity contribution >= 4 is 21.8 Å². The molecule has 2 aliphatic heterocycles. The van der Waals surface area contributed by atoms with Crippen molar-refractivity contribution in [2.75, 3.05) is 19.3 Å². The van der Waals surface area contributed by atoms with E-state index in [2.05, 4.69) is 10.3 Å². The van der Waals surface area contributed by atoms with Crippen molar-refractivity contribution in [2.45, 2.75) is 51.7 Å². The molecule has 2 amide bonds. The lowest BCUT2D eigenvalue weighted by Crippen LogP contribution is -2.44. The average Bonchev–Trinajstić information content (AvgIpc) is 3.04. The lowest BCUT2D eigenvalue weighted by Gasteiger charge is -2.28. The van der Waals surface area contributed by atoms with Gasteiger partial charge in [-0.1, -0.05) is 13.8 Å². The fourth-order valence-corrected chi connectivity index (χ4v) is 5.78. The minimum Gasteiger partial charge on any atom is -0.447 e. The highest BCUT2D eigenvalue weighted by Crippen LogP contribution is 2.41. The second-order valence-electron chi connectivity index (χ2n) is 8.71. The average molecular weight is 425 g/mol. The summed E-state index contributed by atoms with van der Waals surface area (Å²) >= 11 is 0. The first-order valence-corrected chi connectivity index (χ1v) is 12.0. The highest BCUT2D eigenvalue weighted by molar-refractivity contribution is 7.88. The van der Waals surface area contributed by atoms with Crippen molar-refractivity contribution in [1.29, 1.82) is 0 Å². The van der Waals surface area contributed by atoms with E-state index in [1.54, 1.807) is 4.90 Å². The van der Waals surface area contributed by atoms with Crippen LogP contribution in [0.3, 0.4) is 0 Å². The van der Waals surface area contributed by atoms with Crippen LogP contribution in [0.15, 0.2) is 10.7 Å². The number of amides is 2. The Balaban J connectivity index is 1.52. The lowest BCUT2D eigenvalue weighted by molar-refractivity contribution is -0.129. The predicted octanol–water partition coefficient (Wildman–Crippen LogP) is 0.831. The van der Waals surface area contributed by atoms with Crippen LogP contribution in [0.4, 0.5) is 0 Å². The van der Waals surface area contributed by atoms with Gasteiger partial charge in [0.2, 0.25) is 21.8 Å². The maximum absolute atomic E-state index is 13.1. The van der Waals surface area contributed by atoms with E-state index in [1.165, 1.54) is 19.1 Å². The van der Waals surface area contributed by atoms with Crippen molar-refractivity contribution in [1.82, 2.24) is 19.5 Å². The quantitative estimate of drug-likeness (QED) is 0.690. The summed E-state index contributed by atoms with van der Waals surface area (Å²) in [7, 11) is -3.69. The molecule has 9 nitrogen and oxygen atoms in total. The Kier molecular flexibility index (Phi) is 5.18. The van der Waals surface area contributed by atoms with Crippen LogP contribution in [0.1, 0.15) is 49.5 Å². The van der Waals surface area contributed by atoms with Gasteiger partial charge in [-0.2, -0.15) is 0 Å². The molecule has 0 bridgehead atoms. The van der Waals surface area contributed by atoms with Gasteiger partial charge < -0.3 is 14.6 Å². The Labute approximate surface area is 170 Å². The monoisotopic (exact) mass is 424 g/mol. The highest BCUT2D eigenvalue weighted by Gasteiger charge is 2.58. The van der Waals surface area contributed by atoms with Crippen LogP contribution >= 0.6 is 0 Å². The maximum Gasteiger partial charge on any atom is 0.276 e. The second kappa shape index (κ2) is 7.39. The van der Waals surface area contributed by atoms with Crippen molar-refractivity contribution in [3.63, 3.8) is 0 Å². The number of hydrogen-bond donors (Lipinski definition) is 1. The van der Waals surface area contributed by atoms with Crippen molar-refractivity contribution in [3.8, 4) is 0 Å². The van der Waals surface area contributed by atoms with E-state index in [0.717, 1.165) is 23.0 Å². The molecule has 4 rings (SSSR count). The van der Waals surface area contributed by atoms with Gasteiger partial charge in [0.15, 0.2) is 5.69 Å². The molecule has 160 valence electrons. The molecule has 3 atom stereocenters. The molecule has 2 saturated heterocycles.